The molecule has 1 amide bonds. The van der Waals surface area contributed by atoms with E-state index in [9.17, 15) is 4.79 Å². The fourth-order valence-electron chi connectivity index (χ4n) is 1.58. The SMILES string of the molecule is N#CCCCNC(=O)C(CN)c1ccccc1. The van der Waals surface area contributed by atoms with Gasteiger partial charge in [-0.3, -0.25) is 4.79 Å². The van der Waals surface area contributed by atoms with Crippen molar-refractivity contribution in [2.24, 2.45) is 5.73 Å². The van der Waals surface area contributed by atoms with Gasteiger partial charge in [0.15, 0.2) is 0 Å². The molecule has 1 aromatic carbocycles. The first-order valence-electron chi connectivity index (χ1n) is 5.69. The summed E-state index contributed by atoms with van der Waals surface area (Å²) in [5.74, 6) is -0.380. The summed E-state index contributed by atoms with van der Waals surface area (Å²) in [6, 6.07) is 11.5. The van der Waals surface area contributed by atoms with E-state index >= 15 is 0 Å². The van der Waals surface area contributed by atoms with Crippen LogP contribution in [-0.4, -0.2) is 19.0 Å². The number of nitriles is 1. The molecule has 0 aliphatic heterocycles. The van der Waals surface area contributed by atoms with Gasteiger partial charge in [0.25, 0.3) is 0 Å². The Bertz CT molecular complexity index is 383. The minimum atomic E-state index is -0.307. The van der Waals surface area contributed by atoms with Crippen molar-refractivity contribution in [2.75, 3.05) is 13.1 Å². The third-order valence-electron chi connectivity index (χ3n) is 2.52. The third-order valence-corrected chi connectivity index (χ3v) is 2.52. The average molecular weight is 231 g/mol. The molecule has 0 aliphatic rings. The molecule has 4 nitrogen and oxygen atoms in total. The van der Waals surface area contributed by atoms with Crippen molar-refractivity contribution in [1.29, 1.82) is 5.26 Å². The number of hydrogen-bond acceptors (Lipinski definition) is 3. The summed E-state index contributed by atoms with van der Waals surface area (Å²) in [6.07, 6.45) is 1.13. The lowest BCUT2D eigenvalue weighted by Gasteiger charge is -2.14. The van der Waals surface area contributed by atoms with Gasteiger partial charge in [-0.25, -0.2) is 0 Å². The highest BCUT2D eigenvalue weighted by molar-refractivity contribution is 5.83. The molecule has 0 aliphatic carbocycles. The number of nitrogens with one attached hydrogen (secondary N) is 1. The predicted molar refractivity (Wildman–Crippen MR) is 66.1 cm³/mol. The summed E-state index contributed by atoms with van der Waals surface area (Å²) in [7, 11) is 0. The average Bonchev–Trinajstić information content (AvgIpc) is 2.37. The minimum absolute atomic E-state index is 0.0726. The van der Waals surface area contributed by atoms with Gasteiger partial charge in [0.1, 0.15) is 0 Å². The molecular weight excluding hydrogens is 214 g/mol. The lowest BCUT2D eigenvalue weighted by atomic mass is 9.98. The summed E-state index contributed by atoms with van der Waals surface area (Å²) in [4.78, 5) is 11.9. The Labute approximate surface area is 101 Å². The lowest BCUT2D eigenvalue weighted by Crippen LogP contribution is -2.34. The highest BCUT2D eigenvalue weighted by atomic mass is 16.1. The van der Waals surface area contributed by atoms with E-state index in [1.165, 1.54) is 0 Å². The molecule has 0 heterocycles. The summed E-state index contributed by atoms with van der Waals surface area (Å²) in [5, 5.41) is 11.2. The third kappa shape index (κ3) is 4.25. The molecule has 3 N–H and O–H groups in total. The number of carbonyl (C=O) groups excluding carboxylic acids is 1. The van der Waals surface area contributed by atoms with E-state index in [4.69, 9.17) is 11.0 Å². The van der Waals surface area contributed by atoms with Gasteiger partial charge in [0, 0.05) is 19.5 Å². The zero-order valence-corrected chi connectivity index (χ0v) is 9.73. The molecule has 1 unspecified atom stereocenters. The first-order chi connectivity index (χ1) is 8.29. The molecule has 1 rings (SSSR count). The molecule has 1 aromatic rings. The number of carbonyl (C=O) groups is 1. The maximum atomic E-state index is 11.9. The van der Waals surface area contributed by atoms with Crippen LogP contribution in [0.3, 0.4) is 0 Å². The fraction of sp³-hybridized carbons (Fsp3) is 0.385. The van der Waals surface area contributed by atoms with Crippen molar-refractivity contribution in [3.63, 3.8) is 0 Å². The molecular formula is C13H17N3O. The molecule has 0 spiro atoms. The van der Waals surface area contributed by atoms with Crippen LogP contribution < -0.4 is 11.1 Å². The topological polar surface area (TPSA) is 78.9 Å². The van der Waals surface area contributed by atoms with Crippen LogP contribution in [0, 0.1) is 11.3 Å². The zero-order valence-electron chi connectivity index (χ0n) is 9.73. The van der Waals surface area contributed by atoms with Crippen molar-refractivity contribution in [1.82, 2.24) is 5.32 Å². The molecule has 0 radical (unpaired) electrons. The fourth-order valence-corrected chi connectivity index (χ4v) is 1.58. The highest BCUT2D eigenvalue weighted by Crippen LogP contribution is 2.13. The van der Waals surface area contributed by atoms with Gasteiger partial charge in [0.05, 0.1) is 12.0 Å². The van der Waals surface area contributed by atoms with Crippen LogP contribution in [0.5, 0.6) is 0 Å². The second kappa shape index (κ2) is 7.42. The van der Waals surface area contributed by atoms with E-state index in [2.05, 4.69) is 5.32 Å². The number of rotatable bonds is 6. The van der Waals surface area contributed by atoms with E-state index in [0.29, 0.717) is 19.4 Å². The molecule has 0 fully saturated rings. The van der Waals surface area contributed by atoms with Crippen molar-refractivity contribution >= 4 is 5.91 Å². The Morgan fingerprint density at radius 2 is 2.12 bits per heavy atom. The maximum absolute atomic E-state index is 11.9. The van der Waals surface area contributed by atoms with Crippen LogP contribution in [0.15, 0.2) is 30.3 Å². The van der Waals surface area contributed by atoms with Crippen molar-refractivity contribution < 1.29 is 4.79 Å². The predicted octanol–water partition coefficient (Wildman–Crippen LogP) is 1.15. The summed E-state index contributed by atoms with van der Waals surface area (Å²) < 4.78 is 0. The number of hydrogen-bond donors (Lipinski definition) is 2. The van der Waals surface area contributed by atoms with Gasteiger partial charge in [0.2, 0.25) is 5.91 Å². The molecule has 4 heteroatoms. The second-order valence-electron chi connectivity index (χ2n) is 3.75. The van der Waals surface area contributed by atoms with E-state index in [1.807, 2.05) is 36.4 Å². The molecule has 0 aromatic heterocycles. The number of nitrogens with zero attached hydrogens (tertiary/aromatic N) is 1. The molecule has 0 saturated heterocycles. The highest BCUT2D eigenvalue weighted by Gasteiger charge is 2.17. The zero-order chi connectivity index (χ0) is 12.5. The van der Waals surface area contributed by atoms with Gasteiger partial charge in [-0.15, -0.1) is 0 Å². The van der Waals surface area contributed by atoms with Crippen molar-refractivity contribution in [3.05, 3.63) is 35.9 Å². The van der Waals surface area contributed by atoms with E-state index in [-0.39, 0.29) is 18.4 Å². The Balaban J connectivity index is 2.51. The van der Waals surface area contributed by atoms with Crippen LogP contribution >= 0.6 is 0 Å². The van der Waals surface area contributed by atoms with Gasteiger partial charge < -0.3 is 11.1 Å². The normalized spacial score (nSPS) is 11.5. The minimum Gasteiger partial charge on any atom is -0.355 e. The number of benzene rings is 1. The van der Waals surface area contributed by atoms with E-state index in [0.717, 1.165) is 5.56 Å². The first-order valence-corrected chi connectivity index (χ1v) is 5.69. The monoisotopic (exact) mass is 231 g/mol. The van der Waals surface area contributed by atoms with Gasteiger partial charge in [-0.1, -0.05) is 30.3 Å². The van der Waals surface area contributed by atoms with Crippen LogP contribution in [-0.2, 0) is 4.79 Å². The summed E-state index contributed by atoms with van der Waals surface area (Å²) in [6.45, 7) is 0.809. The van der Waals surface area contributed by atoms with Crippen molar-refractivity contribution in [2.45, 2.75) is 18.8 Å². The summed E-state index contributed by atoms with van der Waals surface area (Å²) in [5.41, 5.74) is 6.55. The quantitative estimate of drug-likeness (QED) is 0.721. The van der Waals surface area contributed by atoms with Crippen LogP contribution in [0.4, 0.5) is 0 Å². The Hall–Kier alpha value is -1.86. The Morgan fingerprint density at radius 1 is 1.41 bits per heavy atom. The second-order valence-corrected chi connectivity index (χ2v) is 3.75. The maximum Gasteiger partial charge on any atom is 0.228 e. The largest absolute Gasteiger partial charge is 0.355 e. The van der Waals surface area contributed by atoms with Crippen LogP contribution in [0.25, 0.3) is 0 Å². The molecule has 90 valence electrons. The van der Waals surface area contributed by atoms with Gasteiger partial charge >= 0.3 is 0 Å². The number of amides is 1. The first kappa shape index (κ1) is 13.2. The van der Waals surface area contributed by atoms with E-state index in [1.54, 1.807) is 0 Å². The summed E-state index contributed by atoms with van der Waals surface area (Å²) >= 11 is 0. The van der Waals surface area contributed by atoms with Crippen LogP contribution in [0.2, 0.25) is 0 Å². The van der Waals surface area contributed by atoms with Crippen LogP contribution in [0.1, 0.15) is 24.3 Å². The Morgan fingerprint density at radius 3 is 2.71 bits per heavy atom. The van der Waals surface area contributed by atoms with Crippen molar-refractivity contribution in [3.8, 4) is 6.07 Å². The molecule has 0 bridgehead atoms. The number of nitrogens with two attached hydrogens (primary N) is 1. The molecule has 1 atom stereocenters. The Kier molecular flexibility index (Phi) is 5.76. The molecule has 17 heavy (non-hydrogen) atoms. The molecule has 0 saturated carbocycles. The van der Waals surface area contributed by atoms with Gasteiger partial charge in [-0.05, 0) is 12.0 Å². The van der Waals surface area contributed by atoms with Gasteiger partial charge in [-0.2, -0.15) is 5.26 Å². The standard InChI is InChI=1S/C13H17N3O/c14-8-4-5-9-16-13(17)12(10-15)11-6-2-1-3-7-11/h1-3,6-7,12H,4-5,9-10,15H2,(H,16,17). The lowest BCUT2D eigenvalue weighted by molar-refractivity contribution is -0.122. The smallest absolute Gasteiger partial charge is 0.228 e. The number of unbranched alkanes of at least 4 members (excludes halogenated alkanes) is 1. The van der Waals surface area contributed by atoms with E-state index < -0.39 is 0 Å².